The number of nitrogens with one attached hydrogen (secondary N) is 1. The minimum atomic E-state index is -0.195. The highest BCUT2D eigenvalue weighted by Crippen LogP contribution is 2.24. The summed E-state index contributed by atoms with van der Waals surface area (Å²) < 4.78 is 13.0. The third-order valence-electron chi connectivity index (χ3n) is 3.48. The van der Waals surface area contributed by atoms with E-state index < -0.39 is 0 Å². The van der Waals surface area contributed by atoms with Crippen LogP contribution >= 0.6 is 0 Å². The van der Waals surface area contributed by atoms with Crippen LogP contribution in [0.1, 0.15) is 35.2 Å². The van der Waals surface area contributed by atoms with Gasteiger partial charge in [0, 0.05) is 0 Å². The molecule has 0 amide bonds. The van der Waals surface area contributed by atoms with Crippen molar-refractivity contribution in [3.8, 4) is 0 Å². The van der Waals surface area contributed by atoms with E-state index in [1.165, 1.54) is 28.8 Å². The molecule has 100 valence electrons. The van der Waals surface area contributed by atoms with E-state index >= 15 is 0 Å². The number of rotatable bonds is 4. The molecule has 2 rings (SSSR count). The number of halogens is 1. The van der Waals surface area contributed by atoms with Gasteiger partial charge in [-0.25, -0.2) is 4.39 Å². The molecule has 1 N–H and O–H groups in total. The van der Waals surface area contributed by atoms with Gasteiger partial charge in [-0.2, -0.15) is 0 Å². The van der Waals surface area contributed by atoms with E-state index in [0.717, 1.165) is 12.1 Å². The molecule has 0 aliphatic carbocycles. The number of aryl methyl sites for hydroxylation is 2. The lowest BCUT2D eigenvalue weighted by Crippen LogP contribution is -2.22. The average molecular weight is 257 g/mol. The first-order valence-electron chi connectivity index (χ1n) is 6.68. The second kappa shape index (κ2) is 5.98. The lowest BCUT2D eigenvalue weighted by molar-refractivity contribution is 0.613. The van der Waals surface area contributed by atoms with Gasteiger partial charge < -0.3 is 5.32 Å². The Morgan fingerprint density at radius 2 is 1.58 bits per heavy atom. The minimum Gasteiger partial charge on any atom is -0.307 e. The quantitative estimate of drug-likeness (QED) is 0.868. The maximum atomic E-state index is 13.0. The monoisotopic (exact) mass is 257 g/mol. The van der Waals surface area contributed by atoms with Crippen LogP contribution in [0, 0.1) is 19.7 Å². The van der Waals surface area contributed by atoms with Gasteiger partial charge in [0.1, 0.15) is 5.82 Å². The zero-order valence-corrected chi connectivity index (χ0v) is 11.7. The summed E-state index contributed by atoms with van der Waals surface area (Å²) in [5.74, 6) is -0.195. The summed E-state index contributed by atoms with van der Waals surface area (Å²) in [5, 5.41) is 3.46. The number of hydrogen-bond donors (Lipinski definition) is 1. The molecular formula is C17H20FN. The topological polar surface area (TPSA) is 12.0 Å². The first-order chi connectivity index (χ1) is 9.11. The summed E-state index contributed by atoms with van der Waals surface area (Å²) in [6, 6.07) is 13.3. The van der Waals surface area contributed by atoms with Crippen LogP contribution in [0.5, 0.6) is 0 Å². The molecule has 1 atom stereocenters. The Morgan fingerprint density at radius 1 is 0.947 bits per heavy atom. The number of benzene rings is 2. The molecule has 0 bridgehead atoms. The van der Waals surface area contributed by atoms with Crippen LogP contribution < -0.4 is 5.32 Å². The Morgan fingerprint density at radius 3 is 2.16 bits per heavy atom. The Labute approximate surface area is 114 Å². The van der Waals surface area contributed by atoms with Gasteiger partial charge in [-0.1, -0.05) is 37.3 Å². The minimum absolute atomic E-state index is 0.116. The third-order valence-corrected chi connectivity index (χ3v) is 3.48. The molecule has 2 aromatic rings. The standard InChI is InChI=1S/C17H20FN/c1-4-19-17(14-7-9-16(18)10-8-14)15-6-5-12(2)13(3)11-15/h5-11,17,19H,4H2,1-3H3. The lowest BCUT2D eigenvalue weighted by atomic mass is 9.95. The molecule has 0 radical (unpaired) electrons. The van der Waals surface area contributed by atoms with Crippen molar-refractivity contribution in [2.75, 3.05) is 6.54 Å². The van der Waals surface area contributed by atoms with Gasteiger partial charge in [-0.15, -0.1) is 0 Å². The molecule has 0 spiro atoms. The molecule has 1 nitrogen and oxygen atoms in total. The van der Waals surface area contributed by atoms with Gasteiger partial charge in [0.15, 0.2) is 0 Å². The molecule has 0 saturated carbocycles. The summed E-state index contributed by atoms with van der Waals surface area (Å²) in [4.78, 5) is 0. The first-order valence-corrected chi connectivity index (χ1v) is 6.68. The molecule has 19 heavy (non-hydrogen) atoms. The highest BCUT2D eigenvalue weighted by atomic mass is 19.1. The Kier molecular flexibility index (Phi) is 4.33. The molecule has 2 aromatic carbocycles. The number of hydrogen-bond acceptors (Lipinski definition) is 1. The molecule has 0 heterocycles. The zero-order chi connectivity index (χ0) is 13.8. The summed E-state index contributed by atoms with van der Waals surface area (Å²) in [7, 11) is 0. The van der Waals surface area contributed by atoms with E-state index in [0.29, 0.717) is 0 Å². The maximum Gasteiger partial charge on any atom is 0.123 e. The van der Waals surface area contributed by atoms with Crippen LogP contribution in [0.3, 0.4) is 0 Å². The SMILES string of the molecule is CCNC(c1ccc(F)cc1)c1ccc(C)c(C)c1. The van der Waals surface area contributed by atoms with Crippen molar-refractivity contribution in [1.29, 1.82) is 0 Å². The van der Waals surface area contributed by atoms with Gasteiger partial charge in [-0.05, 0) is 54.8 Å². The van der Waals surface area contributed by atoms with Crippen LogP contribution in [-0.4, -0.2) is 6.54 Å². The van der Waals surface area contributed by atoms with Crippen molar-refractivity contribution < 1.29 is 4.39 Å². The summed E-state index contributed by atoms with van der Waals surface area (Å²) in [6.07, 6.45) is 0. The molecule has 2 heteroatoms. The van der Waals surface area contributed by atoms with Crippen molar-refractivity contribution in [2.45, 2.75) is 26.8 Å². The average Bonchev–Trinajstić information content (AvgIpc) is 2.41. The smallest absolute Gasteiger partial charge is 0.123 e. The predicted octanol–water partition coefficient (Wildman–Crippen LogP) is 4.14. The molecule has 0 aromatic heterocycles. The van der Waals surface area contributed by atoms with E-state index in [4.69, 9.17) is 0 Å². The van der Waals surface area contributed by atoms with Crippen LogP contribution in [0.15, 0.2) is 42.5 Å². The second-order valence-corrected chi connectivity index (χ2v) is 4.89. The van der Waals surface area contributed by atoms with Crippen molar-refractivity contribution >= 4 is 0 Å². The molecular weight excluding hydrogens is 237 g/mol. The highest BCUT2D eigenvalue weighted by molar-refractivity contribution is 5.37. The second-order valence-electron chi connectivity index (χ2n) is 4.89. The van der Waals surface area contributed by atoms with Gasteiger partial charge in [-0.3, -0.25) is 0 Å². The third kappa shape index (κ3) is 3.21. The Hall–Kier alpha value is -1.67. The molecule has 0 saturated heterocycles. The zero-order valence-electron chi connectivity index (χ0n) is 11.7. The fraction of sp³-hybridized carbons (Fsp3) is 0.294. The van der Waals surface area contributed by atoms with E-state index in [2.05, 4.69) is 44.3 Å². The van der Waals surface area contributed by atoms with E-state index in [-0.39, 0.29) is 11.9 Å². The Bertz CT molecular complexity index is 546. The molecule has 0 aliphatic rings. The van der Waals surface area contributed by atoms with Crippen LogP contribution in [0.25, 0.3) is 0 Å². The van der Waals surface area contributed by atoms with Gasteiger partial charge >= 0.3 is 0 Å². The Balaban J connectivity index is 2.38. The highest BCUT2D eigenvalue weighted by Gasteiger charge is 2.13. The fourth-order valence-electron chi connectivity index (χ4n) is 2.23. The van der Waals surface area contributed by atoms with Crippen molar-refractivity contribution in [2.24, 2.45) is 0 Å². The predicted molar refractivity (Wildman–Crippen MR) is 77.8 cm³/mol. The summed E-state index contributed by atoms with van der Waals surface area (Å²) in [6.45, 7) is 7.18. The molecule has 1 unspecified atom stereocenters. The lowest BCUT2D eigenvalue weighted by Gasteiger charge is -2.20. The van der Waals surface area contributed by atoms with Crippen LogP contribution in [0.2, 0.25) is 0 Å². The van der Waals surface area contributed by atoms with Gasteiger partial charge in [0.2, 0.25) is 0 Å². The van der Waals surface area contributed by atoms with Crippen LogP contribution in [0.4, 0.5) is 4.39 Å². The van der Waals surface area contributed by atoms with Crippen molar-refractivity contribution in [3.63, 3.8) is 0 Å². The summed E-state index contributed by atoms with van der Waals surface area (Å²) >= 11 is 0. The molecule has 0 fully saturated rings. The normalized spacial score (nSPS) is 12.4. The largest absolute Gasteiger partial charge is 0.307 e. The van der Waals surface area contributed by atoms with E-state index in [1.54, 1.807) is 0 Å². The van der Waals surface area contributed by atoms with Crippen LogP contribution in [-0.2, 0) is 0 Å². The van der Waals surface area contributed by atoms with Crippen molar-refractivity contribution in [3.05, 3.63) is 70.5 Å². The van der Waals surface area contributed by atoms with Gasteiger partial charge in [0.05, 0.1) is 6.04 Å². The molecule has 0 aliphatic heterocycles. The maximum absolute atomic E-state index is 13.0. The van der Waals surface area contributed by atoms with E-state index in [9.17, 15) is 4.39 Å². The fourth-order valence-corrected chi connectivity index (χ4v) is 2.23. The van der Waals surface area contributed by atoms with Gasteiger partial charge in [0.25, 0.3) is 0 Å². The first kappa shape index (κ1) is 13.8. The summed E-state index contributed by atoms with van der Waals surface area (Å²) in [5.41, 5.74) is 4.88. The van der Waals surface area contributed by atoms with Crippen molar-refractivity contribution in [1.82, 2.24) is 5.32 Å². The van der Waals surface area contributed by atoms with E-state index in [1.807, 2.05) is 12.1 Å².